The Balaban J connectivity index is 1.27. The minimum Gasteiger partial charge on any atom is -0.491 e. The third-order valence-electron chi connectivity index (χ3n) is 9.31. The van der Waals surface area contributed by atoms with Crippen molar-refractivity contribution in [2.75, 3.05) is 54.1 Å². The van der Waals surface area contributed by atoms with E-state index in [1.165, 1.54) is 7.11 Å². The summed E-state index contributed by atoms with van der Waals surface area (Å²) in [5.41, 5.74) is 5.60. The van der Waals surface area contributed by atoms with Crippen LogP contribution in [0, 0.1) is 5.92 Å². The molecule has 0 saturated carbocycles. The number of hydrogen-bond donors (Lipinski definition) is 5. The number of ether oxygens (including phenoxy) is 3. The average molecular weight is 729 g/mol. The molecule has 0 bridgehead atoms. The Hall–Kier alpha value is -5.21. The number of methoxy groups -OCH3 is 2. The largest absolute Gasteiger partial charge is 0.491 e. The van der Waals surface area contributed by atoms with Gasteiger partial charge < -0.3 is 45.0 Å². The molecule has 3 heterocycles. The van der Waals surface area contributed by atoms with Gasteiger partial charge in [-0.3, -0.25) is 9.59 Å². The summed E-state index contributed by atoms with van der Waals surface area (Å²) in [6.07, 6.45) is 7.20. The lowest BCUT2D eigenvalue weighted by Gasteiger charge is -2.30. The van der Waals surface area contributed by atoms with Gasteiger partial charge >= 0.3 is 6.09 Å². The Kier molecular flexibility index (Phi) is 14.0. The zero-order chi connectivity index (χ0) is 37.7. The molecule has 1 fully saturated rings. The number of aryl methyl sites for hydroxylation is 1. The minimum atomic E-state index is -0.689. The number of carbonyl (C=O) groups excluding carboxylic acids is 3. The van der Waals surface area contributed by atoms with E-state index in [4.69, 9.17) is 14.2 Å². The first kappa shape index (κ1) is 39.0. The van der Waals surface area contributed by atoms with Crippen LogP contribution in [0.2, 0.25) is 0 Å². The second-order valence-corrected chi connectivity index (χ2v) is 13.4. The van der Waals surface area contributed by atoms with Gasteiger partial charge in [0, 0.05) is 37.7 Å². The van der Waals surface area contributed by atoms with Crippen LogP contribution in [0.4, 0.5) is 4.79 Å². The number of unbranched alkanes of at least 4 members (excludes halogenated alkanes) is 1. The maximum atomic E-state index is 13.6. The molecule has 2 atom stereocenters. The molecule has 14 nitrogen and oxygen atoms in total. The number of aromatic amines is 2. The van der Waals surface area contributed by atoms with Gasteiger partial charge in [0.25, 0.3) is 0 Å². The number of benzene rings is 2. The summed E-state index contributed by atoms with van der Waals surface area (Å²) in [6, 6.07) is 13.4. The number of aromatic nitrogens is 4. The normalized spacial score (nSPS) is 14.7. The Morgan fingerprint density at radius 2 is 1.68 bits per heavy atom. The molecule has 5 rings (SSSR count). The first-order valence-electron chi connectivity index (χ1n) is 18.2. The highest BCUT2D eigenvalue weighted by Crippen LogP contribution is 2.36. The van der Waals surface area contributed by atoms with Crippen LogP contribution in [-0.4, -0.2) is 103 Å². The van der Waals surface area contributed by atoms with Gasteiger partial charge in [0.05, 0.1) is 50.1 Å². The van der Waals surface area contributed by atoms with Crippen molar-refractivity contribution in [3.05, 3.63) is 66.5 Å². The van der Waals surface area contributed by atoms with Crippen LogP contribution in [0.25, 0.3) is 33.6 Å². The number of nitrogens with one attached hydrogen (secondary N) is 5. The molecule has 2 unspecified atom stereocenters. The standard InChI is InChI=1S/C39H52N8O6/c1-25(2)36(46-39(50)52-5)38(49)47-18-8-9-32(47)37-43-23-30(45-37)27-13-11-26(12-14-27)29-16-15-28(21-33(29)53-20-19-51-4)31-22-42-34(44-31)10-6-7-17-41-35(48)24-40-3/h11-16,21-23,25,32,36,40H,6-10,17-20,24H2,1-5H3,(H,41,48)(H,42,44)(H,43,45)(H,46,50). The number of H-pyrrole nitrogens is 2. The molecule has 0 spiro atoms. The molecule has 2 aromatic heterocycles. The molecule has 1 aliphatic rings. The number of likely N-dealkylation sites (N-methyl/N-ethyl adjacent to an activating group) is 1. The molecule has 0 aliphatic carbocycles. The fourth-order valence-electron chi connectivity index (χ4n) is 6.46. The molecule has 5 N–H and O–H groups in total. The molecule has 53 heavy (non-hydrogen) atoms. The first-order valence-corrected chi connectivity index (χ1v) is 18.2. The third-order valence-corrected chi connectivity index (χ3v) is 9.31. The summed E-state index contributed by atoms with van der Waals surface area (Å²) >= 11 is 0. The van der Waals surface area contributed by atoms with Gasteiger partial charge in [0.1, 0.15) is 30.0 Å². The van der Waals surface area contributed by atoms with Gasteiger partial charge in [-0.25, -0.2) is 14.8 Å². The number of hydrogen-bond acceptors (Lipinski definition) is 9. The molecule has 284 valence electrons. The quantitative estimate of drug-likeness (QED) is 0.0897. The molecule has 1 saturated heterocycles. The molecule has 0 radical (unpaired) electrons. The third kappa shape index (κ3) is 10.2. The van der Waals surface area contributed by atoms with Crippen LogP contribution < -0.4 is 20.7 Å². The molecule has 3 amide bonds. The van der Waals surface area contributed by atoms with Crippen LogP contribution in [0.5, 0.6) is 5.75 Å². The number of nitrogens with zero attached hydrogens (tertiary/aromatic N) is 3. The van der Waals surface area contributed by atoms with Crippen molar-refractivity contribution in [1.82, 2.24) is 40.8 Å². The second kappa shape index (κ2) is 19.0. The Labute approximate surface area is 310 Å². The molecule has 4 aromatic rings. The molecule has 1 aliphatic heterocycles. The maximum absolute atomic E-state index is 13.6. The SMILES string of the molecule is CNCC(=O)NCCCCc1ncc(-c2ccc(-c3ccc(-c4cnc(C5CCCN5C(=O)C(NC(=O)OC)C(C)C)[nH]4)cc3)c(OCCOC)c2)[nH]1. The molecule has 2 aromatic carbocycles. The fourth-order valence-corrected chi connectivity index (χ4v) is 6.46. The highest BCUT2D eigenvalue weighted by Gasteiger charge is 2.37. The number of imidazole rings is 2. The van der Waals surface area contributed by atoms with E-state index in [-0.39, 0.29) is 23.8 Å². The lowest BCUT2D eigenvalue weighted by Crippen LogP contribution is -2.51. The van der Waals surface area contributed by atoms with Crippen LogP contribution in [0.15, 0.2) is 54.9 Å². The van der Waals surface area contributed by atoms with E-state index in [2.05, 4.69) is 60.2 Å². The van der Waals surface area contributed by atoms with Gasteiger partial charge in [0.15, 0.2) is 0 Å². The monoisotopic (exact) mass is 728 g/mol. The highest BCUT2D eigenvalue weighted by atomic mass is 16.5. The first-order chi connectivity index (χ1) is 25.7. The van der Waals surface area contributed by atoms with E-state index in [0.717, 1.165) is 83.1 Å². The maximum Gasteiger partial charge on any atom is 0.407 e. The summed E-state index contributed by atoms with van der Waals surface area (Å²) in [6.45, 7) is 6.21. The predicted molar refractivity (Wildman–Crippen MR) is 202 cm³/mol. The summed E-state index contributed by atoms with van der Waals surface area (Å²) in [4.78, 5) is 55.1. The van der Waals surface area contributed by atoms with Crippen molar-refractivity contribution in [2.24, 2.45) is 5.92 Å². The topological polar surface area (TPSA) is 176 Å². The summed E-state index contributed by atoms with van der Waals surface area (Å²) in [5, 5.41) is 8.45. The number of alkyl carbamates (subject to hydrolysis) is 1. The van der Waals surface area contributed by atoms with Gasteiger partial charge in [-0.1, -0.05) is 44.2 Å². The average Bonchev–Trinajstić information content (AvgIpc) is 3.95. The molecular formula is C39H52N8O6. The highest BCUT2D eigenvalue weighted by molar-refractivity contribution is 5.86. The van der Waals surface area contributed by atoms with Crippen molar-refractivity contribution in [3.8, 4) is 39.4 Å². The van der Waals surface area contributed by atoms with Crippen molar-refractivity contribution in [3.63, 3.8) is 0 Å². The van der Waals surface area contributed by atoms with Gasteiger partial charge in [0.2, 0.25) is 11.8 Å². The number of amides is 3. The minimum absolute atomic E-state index is 0.00171. The predicted octanol–water partition coefficient (Wildman–Crippen LogP) is 4.86. The Bertz CT molecular complexity index is 1800. The van der Waals surface area contributed by atoms with E-state index < -0.39 is 12.1 Å². The van der Waals surface area contributed by atoms with E-state index in [1.54, 1.807) is 20.4 Å². The van der Waals surface area contributed by atoms with E-state index in [1.807, 2.05) is 43.1 Å². The Morgan fingerprint density at radius 1 is 0.943 bits per heavy atom. The fraction of sp³-hybridized carbons (Fsp3) is 0.462. The number of rotatable bonds is 18. The Morgan fingerprint density at radius 3 is 2.42 bits per heavy atom. The van der Waals surface area contributed by atoms with Crippen LogP contribution in [0.3, 0.4) is 0 Å². The van der Waals surface area contributed by atoms with Crippen molar-refractivity contribution in [1.29, 1.82) is 0 Å². The van der Waals surface area contributed by atoms with Crippen molar-refractivity contribution < 1.29 is 28.6 Å². The summed E-state index contributed by atoms with van der Waals surface area (Å²) in [5.74, 6) is 2.10. The van der Waals surface area contributed by atoms with Crippen LogP contribution >= 0.6 is 0 Å². The molecule has 14 heteroatoms. The van der Waals surface area contributed by atoms with Crippen molar-refractivity contribution >= 4 is 17.9 Å². The summed E-state index contributed by atoms with van der Waals surface area (Å²) in [7, 11) is 4.69. The van der Waals surface area contributed by atoms with Gasteiger partial charge in [-0.2, -0.15) is 0 Å². The van der Waals surface area contributed by atoms with Crippen molar-refractivity contribution in [2.45, 2.75) is 58.0 Å². The van der Waals surface area contributed by atoms with Gasteiger partial charge in [-0.15, -0.1) is 0 Å². The van der Waals surface area contributed by atoms with E-state index >= 15 is 0 Å². The smallest absolute Gasteiger partial charge is 0.407 e. The number of carbonyl (C=O) groups is 3. The summed E-state index contributed by atoms with van der Waals surface area (Å²) < 4.78 is 16.2. The molecular weight excluding hydrogens is 676 g/mol. The van der Waals surface area contributed by atoms with Crippen LogP contribution in [-0.2, 0) is 25.5 Å². The second-order valence-electron chi connectivity index (χ2n) is 13.4. The lowest BCUT2D eigenvalue weighted by molar-refractivity contribution is -0.135. The number of likely N-dealkylation sites (tertiary alicyclic amines) is 1. The van der Waals surface area contributed by atoms with E-state index in [0.29, 0.717) is 32.8 Å². The van der Waals surface area contributed by atoms with E-state index in [9.17, 15) is 14.4 Å². The zero-order valence-electron chi connectivity index (χ0n) is 31.3. The van der Waals surface area contributed by atoms with Crippen LogP contribution in [0.1, 0.15) is 57.2 Å². The van der Waals surface area contributed by atoms with Gasteiger partial charge in [-0.05, 0) is 61.9 Å². The zero-order valence-corrected chi connectivity index (χ0v) is 31.3. The lowest BCUT2D eigenvalue weighted by atomic mass is 10.00.